The molecule has 0 unspecified atom stereocenters. The second kappa shape index (κ2) is 6.77. The Hall–Kier alpha value is -1.11. The van der Waals surface area contributed by atoms with Gasteiger partial charge < -0.3 is 20.7 Å². The van der Waals surface area contributed by atoms with Crippen LogP contribution >= 0.6 is 23.8 Å². The first kappa shape index (κ1) is 16.3. The van der Waals surface area contributed by atoms with Crippen LogP contribution in [0.25, 0.3) is 0 Å². The molecule has 2 rings (SSSR count). The van der Waals surface area contributed by atoms with Gasteiger partial charge in [-0.1, -0.05) is 0 Å². The van der Waals surface area contributed by atoms with Gasteiger partial charge in [-0.25, -0.2) is 0 Å². The predicted molar refractivity (Wildman–Crippen MR) is 86.7 cm³/mol. The summed E-state index contributed by atoms with van der Waals surface area (Å²) in [6, 6.07) is 0. The van der Waals surface area contributed by atoms with Crippen LogP contribution in [-0.2, 0) is 9.53 Å². The van der Waals surface area contributed by atoms with Crippen LogP contribution in [0.2, 0.25) is 0 Å². The Morgan fingerprint density at radius 3 is 3.05 bits per heavy atom. The number of hydrogen-bond donors (Lipinski definition) is 2. The highest BCUT2D eigenvalue weighted by atomic mass is 35.5. The predicted octanol–water partition coefficient (Wildman–Crippen LogP) is 1.49. The summed E-state index contributed by atoms with van der Waals surface area (Å²) in [5.74, 6) is 0.0848. The Kier molecular flexibility index (Phi) is 5.24. The van der Waals surface area contributed by atoms with Gasteiger partial charge in [0, 0.05) is 31.4 Å². The molecule has 7 heteroatoms. The van der Waals surface area contributed by atoms with Crippen LogP contribution in [0.3, 0.4) is 0 Å². The zero-order valence-electron chi connectivity index (χ0n) is 12.0. The number of alkyl halides is 1. The lowest BCUT2D eigenvalue weighted by atomic mass is 9.73. The van der Waals surface area contributed by atoms with Crippen LogP contribution in [0.5, 0.6) is 0 Å². The van der Waals surface area contributed by atoms with E-state index in [0.717, 1.165) is 24.1 Å². The highest BCUT2D eigenvalue weighted by molar-refractivity contribution is 7.80. The second-order valence-electron chi connectivity index (χ2n) is 5.26. The smallest absolute Gasteiger partial charge is 0.231 e. The Labute approximate surface area is 135 Å². The lowest BCUT2D eigenvalue weighted by molar-refractivity contribution is -0.129. The van der Waals surface area contributed by atoms with Gasteiger partial charge in [-0.05, 0) is 43.1 Å². The maximum absolute atomic E-state index is 12.1. The van der Waals surface area contributed by atoms with Crippen molar-refractivity contribution in [2.45, 2.75) is 19.3 Å². The number of primary amides is 1. The van der Waals surface area contributed by atoms with Gasteiger partial charge in [-0.3, -0.25) is 4.79 Å². The first-order chi connectivity index (χ1) is 10.0. The normalized spacial score (nSPS) is 25.4. The van der Waals surface area contributed by atoms with Gasteiger partial charge in [0.2, 0.25) is 5.91 Å². The van der Waals surface area contributed by atoms with E-state index in [1.54, 1.807) is 7.11 Å². The first-order valence-corrected chi connectivity index (χ1v) is 7.83. The number of carbonyl (C=O) groups excluding carboxylic acids is 1. The summed E-state index contributed by atoms with van der Waals surface area (Å²) in [7, 11) is 1.57. The average Bonchev–Trinajstić information content (AvgIpc) is 2.60. The van der Waals surface area contributed by atoms with Gasteiger partial charge >= 0.3 is 0 Å². The topological polar surface area (TPSA) is 67.6 Å². The van der Waals surface area contributed by atoms with Crippen molar-refractivity contribution in [3.05, 3.63) is 23.5 Å². The summed E-state index contributed by atoms with van der Waals surface area (Å²) >= 11 is 11.2. The lowest BCUT2D eigenvalue weighted by Crippen LogP contribution is -2.50. The monoisotopic (exact) mass is 329 g/mol. The maximum Gasteiger partial charge on any atom is 0.231 e. The zero-order valence-corrected chi connectivity index (χ0v) is 13.6. The molecule has 1 atom stereocenters. The number of carbonyl (C=O) groups is 1. The minimum atomic E-state index is -0.840. The molecule has 0 aromatic carbocycles. The van der Waals surface area contributed by atoms with Crippen LogP contribution in [0, 0.1) is 5.41 Å². The highest BCUT2D eigenvalue weighted by Crippen LogP contribution is 2.41. The number of nitrogens with zero attached hydrogens (tertiary/aromatic N) is 1. The van der Waals surface area contributed by atoms with E-state index in [1.165, 1.54) is 0 Å². The number of allylic oxidation sites excluding steroid dienone is 2. The SMILES string of the molecule is COC[C@]1(C(N)=O)CCCC2=C1NC(=S)N(CCCl)C=C2. The largest absolute Gasteiger partial charge is 0.383 e. The molecule has 0 saturated heterocycles. The van der Waals surface area contributed by atoms with Gasteiger partial charge in [-0.15, -0.1) is 11.6 Å². The molecule has 1 aliphatic heterocycles. The molecular weight excluding hydrogens is 310 g/mol. The van der Waals surface area contributed by atoms with Crippen molar-refractivity contribution in [3.8, 4) is 0 Å². The highest BCUT2D eigenvalue weighted by Gasteiger charge is 2.45. The summed E-state index contributed by atoms with van der Waals surface area (Å²) in [6.07, 6.45) is 6.33. The van der Waals surface area contributed by atoms with Gasteiger partial charge in [0.15, 0.2) is 5.11 Å². The number of hydrogen-bond acceptors (Lipinski definition) is 3. The van der Waals surface area contributed by atoms with E-state index >= 15 is 0 Å². The third kappa shape index (κ3) is 3.07. The standard InChI is InChI=1S/C14H20ClN3O2S/c1-20-9-14(12(16)19)5-2-3-10-4-7-18(8-6-15)13(21)17-11(10)14/h4,7H,2-3,5-6,8-9H2,1H3,(H2,16,19)(H,17,21)/t14-/m1/s1. The van der Waals surface area contributed by atoms with Gasteiger partial charge in [-0.2, -0.15) is 0 Å². The number of nitrogens with two attached hydrogens (primary N) is 1. The lowest BCUT2D eigenvalue weighted by Gasteiger charge is -2.37. The van der Waals surface area contributed by atoms with E-state index in [2.05, 4.69) is 5.32 Å². The van der Waals surface area contributed by atoms with E-state index in [9.17, 15) is 4.79 Å². The molecule has 1 amide bonds. The molecule has 5 nitrogen and oxygen atoms in total. The molecule has 1 heterocycles. The summed E-state index contributed by atoms with van der Waals surface area (Å²) in [5, 5.41) is 3.74. The fourth-order valence-electron chi connectivity index (χ4n) is 2.91. The number of nitrogens with one attached hydrogen (secondary N) is 1. The molecule has 0 fully saturated rings. The fraction of sp³-hybridized carbons (Fsp3) is 0.571. The fourth-order valence-corrected chi connectivity index (χ4v) is 3.34. The number of methoxy groups -OCH3 is 1. The van der Waals surface area contributed by atoms with Crippen LogP contribution < -0.4 is 11.1 Å². The molecule has 21 heavy (non-hydrogen) atoms. The Bertz CT molecular complexity index is 506. The Balaban J connectivity index is 2.40. The Morgan fingerprint density at radius 1 is 1.67 bits per heavy atom. The van der Waals surface area contributed by atoms with Gasteiger partial charge in [0.05, 0.1) is 6.61 Å². The number of rotatable bonds is 5. The van der Waals surface area contributed by atoms with Gasteiger partial charge in [0.25, 0.3) is 0 Å². The van der Waals surface area contributed by atoms with Crippen molar-refractivity contribution in [1.29, 1.82) is 0 Å². The average molecular weight is 330 g/mol. The molecule has 0 aromatic rings. The van der Waals surface area contributed by atoms with Crippen molar-refractivity contribution in [1.82, 2.24) is 10.2 Å². The molecule has 2 aliphatic rings. The molecule has 0 bridgehead atoms. The molecule has 1 aliphatic carbocycles. The van der Waals surface area contributed by atoms with E-state index in [-0.39, 0.29) is 12.5 Å². The molecule has 3 N–H and O–H groups in total. The van der Waals surface area contributed by atoms with E-state index in [4.69, 9.17) is 34.3 Å². The zero-order chi connectivity index (χ0) is 15.5. The minimum absolute atomic E-state index is 0.250. The number of ether oxygens (including phenoxy) is 1. The third-order valence-electron chi connectivity index (χ3n) is 3.99. The molecule has 0 aromatic heterocycles. The van der Waals surface area contributed by atoms with Crippen molar-refractivity contribution < 1.29 is 9.53 Å². The molecule has 116 valence electrons. The number of amides is 1. The summed E-state index contributed by atoms with van der Waals surface area (Å²) in [6.45, 7) is 0.860. The summed E-state index contributed by atoms with van der Waals surface area (Å²) < 4.78 is 5.27. The van der Waals surface area contributed by atoms with Crippen LogP contribution in [0.15, 0.2) is 23.5 Å². The second-order valence-corrected chi connectivity index (χ2v) is 6.03. The van der Waals surface area contributed by atoms with Crippen molar-refractivity contribution in [3.63, 3.8) is 0 Å². The molecular formula is C14H20ClN3O2S. The van der Waals surface area contributed by atoms with Gasteiger partial charge in [0.1, 0.15) is 5.41 Å². The Morgan fingerprint density at radius 2 is 2.43 bits per heavy atom. The van der Waals surface area contributed by atoms with Crippen LogP contribution in [-0.4, -0.2) is 42.1 Å². The van der Waals surface area contributed by atoms with E-state index in [1.807, 2.05) is 17.2 Å². The maximum atomic E-state index is 12.1. The van der Waals surface area contributed by atoms with Crippen molar-refractivity contribution >= 4 is 34.8 Å². The minimum Gasteiger partial charge on any atom is -0.383 e. The van der Waals surface area contributed by atoms with Crippen LogP contribution in [0.4, 0.5) is 0 Å². The third-order valence-corrected chi connectivity index (χ3v) is 4.49. The van der Waals surface area contributed by atoms with Crippen molar-refractivity contribution in [2.24, 2.45) is 11.1 Å². The number of halogens is 1. The summed E-state index contributed by atoms with van der Waals surface area (Å²) in [4.78, 5) is 14.0. The van der Waals surface area contributed by atoms with E-state index in [0.29, 0.717) is 24.0 Å². The quantitative estimate of drug-likeness (QED) is 0.591. The molecule has 0 radical (unpaired) electrons. The molecule has 0 spiro atoms. The number of thiocarbonyl (C=S) groups is 1. The van der Waals surface area contributed by atoms with E-state index < -0.39 is 5.41 Å². The summed E-state index contributed by atoms with van der Waals surface area (Å²) in [5.41, 5.74) is 6.68. The van der Waals surface area contributed by atoms with Crippen LogP contribution in [0.1, 0.15) is 19.3 Å². The molecule has 0 saturated carbocycles. The first-order valence-electron chi connectivity index (χ1n) is 6.89. The van der Waals surface area contributed by atoms with Crippen molar-refractivity contribution in [2.75, 3.05) is 26.1 Å².